The zero-order chi connectivity index (χ0) is 20.6. The molecule has 0 spiro atoms. The van der Waals surface area contributed by atoms with Gasteiger partial charge in [-0.1, -0.05) is 30.3 Å². The highest BCUT2D eigenvalue weighted by molar-refractivity contribution is 6.01. The second kappa shape index (κ2) is 9.84. The minimum atomic E-state index is -0.494. The van der Waals surface area contributed by atoms with Crippen LogP contribution in [0.5, 0.6) is 0 Å². The van der Waals surface area contributed by atoms with Gasteiger partial charge in [0.15, 0.2) is 0 Å². The third-order valence-electron chi connectivity index (χ3n) is 4.97. The minimum absolute atomic E-state index is 0.0207. The fraction of sp³-hybridized carbons (Fsp3) is 0.318. The number of rotatable bonds is 6. The van der Waals surface area contributed by atoms with E-state index in [9.17, 15) is 14.4 Å². The molecular weight excluding hydrogens is 370 g/mol. The topological polar surface area (TPSA) is 87.7 Å². The van der Waals surface area contributed by atoms with Crippen LogP contribution in [-0.4, -0.2) is 49.4 Å². The monoisotopic (exact) mass is 395 g/mol. The standard InChI is InChI=1S/C22H25N3O4/c1-29-22(28)18-9-5-6-10-19(18)24-20(26)15-25-13-11-16(12-14-25)21(27)23-17-7-3-2-4-8-17/h2-10,16H,11-15H2,1H3,(H,23,27)(H,24,26). The van der Waals surface area contributed by atoms with Gasteiger partial charge < -0.3 is 15.4 Å². The van der Waals surface area contributed by atoms with Gasteiger partial charge in [0, 0.05) is 11.6 Å². The molecule has 29 heavy (non-hydrogen) atoms. The summed E-state index contributed by atoms with van der Waals surface area (Å²) in [4.78, 5) is 38.7. The second-order valence-electron chi connectivity index (χ2n) is 6.99. The Labute approximate surface area is 170 Å². The number of anilines is 2. The first-order valence-corrected chi connectivity index (χ1v) is 9.62. The predicted octanol–water partition coefficient (Wildman–Crippen LogP) is 2.76. The Hall–Kier alpha value is -3.19. The number of ether oxygens (including phenoxy) is 1. The van der Waals surface area contributed by atoms with Crippen LogP contribution in [-0.2, 0) is 14.3 Å². The Kier molecular flexibility index (Phi) is 6.97. The maximum absolute atomic E-state index is 12.4. The number of likely N-dealkylation sites (tertiary alicyclic amines) is 1. The number of methoxy groups -OCH3 is 1. The third kappa shape index (κ3) is 5.65. The number of nitrogens with zero attached hydrogens (tertiary/aromatic N) is 1. The maximum atomic E-state index is 12.4. The van der Waals surface area contributed by atoms with Gasteiger partial charge in [-0.25, -0.2) is 4.79 Å². The Morgan fingerprint density at radius 2 is 1.62 bits per heavy atom. The summed E-state index contributed by atoms with van der Waals surface area (Å²) in [6, 6.07) is 16.1. The van der Waals surface area contributed by atoms with Crippen molar-refractivity contribution in [3.63, 3.8) is 0 Å². The molecule has 1 heterocycles. The first-order valence-electron chi connectivity index (χ1n) is 9.62. The average molecular weight is 395 g/mol. The lowest BCUT2D eigenvalue weighted by atomic mass is 9.96. The number of benzene rings is 2. The quantitative estimate of drug-likeness (QED) is 0.735. The van der Waals surface area contributed by atoms with E-state index in [1.165, 1.54) is 7.11 Å². The molecule has 0 saturated carbocycles. The van der Waals surface area contributed by atoms with Gasteiger partial charge in [0.1, 0.15) is 0 Å². The van der Waals surface area contributed by atoms with Gasteiger partial charge in [-0.3, -0.25) is 14.5 Å². The van der Waals surface area contributed by atoms with Crippen molar-refractivity contribution in [3.05, 3.63) is 60.2 Å². The maximum Gasteiger partial charge on any atom is 0.339 e. The molecule has 152 valence electrons. The van der Waals surface area contributed by atoms with Gasteiger partial charge in [0.05, 0.1) is 24.9 Å². The van der Waals surface area contributed by atoms with Crippen LogP contribution in [0.2, 0.25) is 0 Å². The van der Waals surface area contributed by atoms with Crippen molar-refractivity contribution >= 4 is 29.2 Å². The molecule has 2 amide bonds. The van der Waals surface area contributed by atoms with Crippen molar-refractivity contribution in [2.75, 3.05) is 37.4 Å². The van der Waals surface area contributed by atoms with E-state index in [-0.39, 0.29) is 24.3 Å². The molecule has 1 aliphatic heterocycles. The summed E-state index contributed by atoms with van der Waals surface area (Å²) >= 11 is 0. The number of carbonyl (C=O) groups excluding carboxylic acids is 3. The molecule has 0 radical (unpaired) electrons. The van der Waals surface area contributed by atoms with E-state index in [4.69, 9.17) is 4.74 Å². The van der Waals surface area contributed by atoms with E-state index in [1.807, 2.05) is 35.2 Å². The van der Waals surface area contributed by atoms with Crippen molar-refractivity contribution < 1.29 is 19.1 Å². The van der Waals surface area contributed by atoms with Crippen LogP contribution in [0.4, 0.5) is 11.4 Å². The summed E-state index contributed by atoms with van der Waals surface area (Å²) in [5, 5.41) is 5.72. The van der Waals surface area contributed by atoms with Crippen LogP contribution in [0.25, 0.3) is 0 Å². The summed E-state index contributed by atoms with van der Waals surface area (Å²) in [5.74, 6) is -0.735. The van der Waals surface area contributed by atoms with Crippen LogP contribution < -0.4 is 10.6 Å². The lowest BCUT2D eigenvalue weighted by molar-refractivity contribution is -0.121. The van der Waals surface area contributed by atoms with E-state index < -0.39 is 5.97 Å². The Balaban J connectivity index is 1.48. The van der Waals surface area contributed by atoms with Crippen molar-refractivity contribution in [3.8, 4) is 0 Å². The lowest BCUT2D eigenvalue weighted by Gasteiger charge is -2.30. The van der Waals surface area contributed by atoms with Gasteiger partial charge in [-0.2, -0.15) is 0 Å². The molecule has 0 aromatic heterocycles. The molecule has 1 aliphatic rings. The molecule has 2 N–H and O–H groups in total. The largest absolute Gasteiger partial charge is 0.465 e. The minimum Gasteiger partial charge on any atom is -0.465 e. The molecule has 7 heteroatoms. The first-order chi connectivity index (χ1) is 14.1. The number of carbonyl (C=O) groups is 3. The van der Waals surface area contributed by atoms with Crippen LogP contribution in [0.1, 0.15) is 23.2 Å². The van der Waals surface area contributed by atoms with Crippen LogP contribution in [0.15, 0.2) is 54.6 Å². The van der Waals surface area contributed by atoms with Crippen molar-refractivity contribution in [2.24, 2.45) is 5.92 Å². The summed E-state index contributed by atoms with van der Waals surface area (Å²) in [5.41, 5.74) is 1.55. The highest BCUT2D eigenvalue weighted by atomic mass is 16.5. The predicted molar refractivity (Wildman–Crippen MR) is 111 cm³/mol. The van der Waals surface area contributed by atoms with Gasteiger partial charge >= 0.3 is 5.97 Å². The highest BCUT2D eigenvalue weighted by Gasteiger charge is 2.26. The number of nitrogens with one attached hydrogen (secondary N) is 2. The van der Waals surface area contributed by atoms with E-state index >= 15 is 0 Å². The normalized spacial score (nSPS) is 14.8. The average Bonchev–Trinajstić information content (AvgIpc) is 2.74. The second-order valence-corrected chi connectivity index (χ2v) is 6.99. The van der Waals surface area contributed by atoms with Gasteiger partial charge in [0.25, 0.3) is 0 Å². The Morgan fingerprint density at radius 3 is 2.31 bits per heavy atom. The summed E-state index contributed by atoms with van der Waals surface area (Å²) in [6.45, 7) is 1.54. The number of piperidine rings is 1. The van der Waals surface area contributed by atoms with Gasteiger partial charge in [-0.15, -0.1) is 0 Å². The number of hydrogen-bond donors (Lipinski definition) is 2. The molecule has 3 rings (SSSR count). The van der Waals surface area contributed by atoms with Crippen LogP contribution in [0, 0.1) is 5.92 Å². The molecule has 1 saturated heterocycles. The number of para-hydroxylation sites is 2. The molecular formula is C22H25N3O4. The van der Waals surface area contributed by atoms with E-state index in [2.05, 4.69) is 10.6 Å². The van der Waals surface area contributed by atoms with Crippen molar-refractivity contribution in [2.45, 2.75) is 12.8 Å². The lowest BCUT2D eigenvalue weighted by Crippen LogP contribution is -2.41. The van der Waals surface area contributed by atoms with Crippen LogP contribution in [0.3, 0.4) is 0 Å². The van der Waals surface area contributed by atoms with Crippen molar-refractivity contribution in [1.82, 2.24) is 4.90 Å². The zero-order valence-corrected chi connectivity index (χ0v) is 16.4. The van der Waals surface area contributed by atoms with E-state index in [0.29, 0.717) is 37.2 Å². The number of hydrogen-bond acceptors (Lipinski definition) is 5. The molecule has 2 aromatic carbocycles. The molecule has 0 atom stereocenters. The van der Waals surface area contributed by atoms with E-state index in [1.54, 1.807) is 24.3 Å². The van der Waals surface area contributed by atoms with Crippen LogP contribution >= 0.6 is 0 Å². The third-order valence-corrected chi connectivity index (χ3v) is 4.97. The van der Waals surface area contributed by atoms with E-state index in [0.717, 1.165) is 5.69 Å². The fourth-order valence-corrected chi connectivity index (χ4v) is 3.39. The highest BCUT2D eigenvalue weighted by Crippen LogP contribution is 2.20. The smallest absolute Gasteiger partial charge is 0.339 e. The molecule has 1 fully saturated rings. The molecule has 0 unspecified atom stereocenters. The van der Waals surface area contributed by atoms with Crippen molar-refractivity contribution in [1.29, 1.82) is 0 Å². The Bertz CT molecular complexity index is 861. The number of esters is 1. The summed E-state index contributed by atoms with van der Waals surface area (Å²) in [6.07, 6.45) is 1.40. The summed E-state index contributed by atoms with van der Waals surface area (Å²) < 4.78 is 4.75. The Morgan fingerprint density at radius 1 is 0.966 bits per heavy atom. The molecule has 0 bridgehead atoms. The SMILES string of the molecule is COC(=O)c1ccccc1NC(=O)CN1CCC(C(=O)Nc2ccccc2)CC1. The zero-order valence-electron chi connectivity index (χ0n) is 16.4. The fourth-order valence-electron chi connectivity index (χ4n) is 3.39. The molecule has 0 aliphatic carbocycles. The van der Waals surface area contributed by atoms with Gasteiger partial charge in [0.2, 0.25) is 11.8 Å². The molecule has 7 nitrogen and oxygen atoms in total. The molecule has 2 aromatic rings. The summed E-state index contributed by atoms with van der Waals surface area (Å²) in [7, 11) is 1.30. The van der Waals surface area contributed by atoms with Gasteiger partial charge in [-0.05, 0) is 50.2 Å². The first kappa shape index (κ1) is 20.5. The number of amides is 2.